The van der Waals surface area contributed by atoms with E-state index in [-0.39, 0.29) is 43.2 Å². The van der Waals surface area contributed by atoms with Gasteiger partial charge in [-0.05, 0) is 31.9 Å². The number of piperazine rings is 1. The molecule has 0 N–H and O–H groups in total. The molecule has 1 amide bonds. The van der Waals surface area contributed by atoms with E-state index in [4.69, 9.17) is 4.74 Å². The second-order valence-electron chi connectivity index (χ2n) is 6.60. The van der Waals surface area contributed by atoms with Crippen LogP contribution in [0.3, 0.4) is 0 Å². The minimum atomic E-state index is -3.26. The van der Waals surface area contributed by atoms with Gasteiger partial charge in [-0.2, -0.15) is 4.31 Å². The van der Waals surface area contributed by atoms with Crippen LogP contribution >= 0.6 is 0 Å². The molecule has 0 radical (unpaired) electrons. The van der Waals surface area contributed by atoms with Crippen molar-refractivity contribution in [1.29, 1.82) is 0 Å². The van der Waals surface area contributed by atoms with Crippen LogP contribution in [0.4, 0.5) is 0 Å². The maximum Gasteiger partial charge on any atom is 0.263 e. The number of carbonyl (C=O) groups is 1. The van der Waals surface area contributed by atoms with E-state index in [9.17, 15) is 18.0 Å². The van der Waals surface area contributed by atoms with Crippen LogP contribution in [0.2, 0.25) is 0 Å². The molecule has 26 heavy (non-hydrogen) atoms. The standard InChI is InChI=1S/C17H27N3O5S/c1-13-12-14(2)20(6-5-11-25-3)17(22)15(13)16(21)18-7-9-19(10-8-18)26(4,23)24/h12H,5-11H2,1-4H3. The second-order valence-corrected chi connectivity index (χ2v) is 8.58. The molecule has 1 aliphatic heterocycles. The van der Waals surface area contributed by atoms with E-state index in [1.54, 1.807) is 23.5 Å². The van der Waals surface area contributed by atoms with Crippen molar-refractivity contribution in [3.63, 3.8) is 0 Å². The lowest BCUT2D eigenvalue weighted by Crippen LogP contribution is -2.51. The van der Waals surface area contributed by atoms with Crippen LogP contribution in [0.5, 0.6) is 0 Å². The normalized spacial score (nSPS) is 16.1. The predicted octanol–water partition coefficient (Wildman–Crippen LogP) is 0.219. The van der Waals surface area contributed by atoms with Gasteiger partial charge in [-0.15, -0.1) is 0 Å². The summed E-state index contributed by atoms with van der Waals surface area (Å²) in [7, 11) is -1.66. The first-order valence-corrected chi connectivity index (χ1v) is 10.5. The van der Waals surface area contributed by atoms with E-state index in [1.807, 2.05) is 13.0 Å². The van der Waals surface area contributed by atoms with Crippen molar-refractivity contribution in [3.05, 3.63) is 33.2 Å². The van der Waals surface area contributed by atoms with E-state index < -0.39 is 10.0 Å². The minimum Gasteiger partial charge on any atom is -0.385 e. The second kappa shape index (κ2) is 8.32. The summed E-state index contributed by atoms with van der Waals surface area (Å²) in [5.41, 5.74) is 1.32. The first kappa shape index (κ1) is 20.6. The Kier molecular flexibility index (Phi) is 6.59. The Morgan fingerprint density at radius 2 is 1.81 bits per heavy atom. The van der Waals surface area contributed by atoms with Crippen molar-refractivity contribution in [2.45, 2.75) is 26.8 Å². The fraction of sp³-hybridized carbons (Fsp3) is 0.647. The number of rotatable bonds is 6. The van der Waals surface area contributed by atoms with Gasteiger partial charge in [-0.3, -0.25) is 9.59 Å². The number of aryl methyl sites for hydroxylation is 2. The summed E-state index contributed by atoms with van der Waals surface area (Å²) in [4.78, 5) is 27.3. The summed E-state index contributed by atoms with van der Waals surface area (Å²) >= 11 is 0. The average molecular weight is 385 g/mol. The topological polar surface area (TPSA) is 88.9 Å². The summed E-state index contributed by atoms with van der Waals surface area (Å²) in [5.74, 6) is -0.332. The van der Waals surface area contributed by atoms with E-state index in [0.717, 1.165) is 11.9 Å². The van der Waals surface area contributed by atoms with Crippen molar-refractivity contribution >= 4 is 15.9 Å². The Hall–Kier alpha value is -1.71. The zero-order valence-electron chi connectivity index (χ0n) is 15.8. The maximum absolute atomic E-state index is 12.9. The molecule has 0 unspecified atom stereocenters. The van der Waals surface area contributed by atoms with Crippen molar-refractivity contribution in [1.82, 2.24) is 13.8 Å². The third kappa shape index (κ3) is 4.52. The highest BCUT2D eigenvalue weighted by atomic mass is 32.2. The molecule has 1 saturated heterocycles. The monoisotopic (exact) mass is 385 g/mol. The highest BCUT2D eigenvalue weighted by Crippen LogP contribution is 2.13. The largest absolute Gasteiger partial charge is 0.385 e. The van der Waals surface area contributed by atoms with Gasteiger partial charge in [0.25, 0.3) is 11.5 Å². The van der Waals surface area contributed by atoms with E-state index in [0.29, 0.717) is 25.1 Å². The number of pyridine rings is 1. The number of sulfonamides is 1. The molecule has 146 valence electrons. The molecule has 8 nitrogen and oxygen atoms in total. The Morgan fingerprint density at radius 1 is 1.19 bits per heavy atom. The summed E-state index contributed by atoms with van der Waals surface area (Å²) in [6.45, 7) is 5.69. The summed E-state index contributed by atoms with van der Waals surface area (Å²) < 4.78 is 31.2. The van der Waals surface area contributed by atoms with Gasteiger partial charge in [-0.1, -0.05) is 0 Å². The molecular formula is C17H27N3O5S. The van der Waals surface area contributed by atoms with Crippen LogP contribution in [0, 0.1) is 13.8 Å². The van der Waals surface area contributed by atoms with E-state index >= 15 is 0 Å². The molecule has 0 spiro atoms. The van der Waals surface area contributed by atoms with Crippen LogP contribution in [0.15, 0.2) is 10.9 Å². The lowest BCUT2D eigenvalue weighted by atomic mass is 10.1. The maximum atomic E-state index is 12.9. The Morgan fingerprint density at radius 3 is 2.35 bits per heavy atom. The number of methoxy groups -OCH3 is 1. The first-order valence-electron chi connectivity index (χ1n) is 8.61. The quantitative estimate of drug-likeness (QED) is 0.654. The van der Waals surface area contributed by atoms with Crippen molar-refractivity contribution in [2.75, 3.05) is 46.2 Å². The zero-order chi connectivity index (χ0) is 19.5. The average Bonchev–Trinajstić information content (AvgIpc) is 2.57. The molecule has 0 aromatic carbocycles. The number of nitrogens with zero attached hydrogens (tertiary/aromatic N) is 3. The molecule has 1 aromatic heterocycles. The molecule has 2 rings (SSSR count). The van der Waals surface area contributed by atoms with Crippen LogP contribution in [0.1, 0.15) is 28.0 Å². The van der Waals surface area contributed by atoms with Crippen molar-refractivity contribution < 1.29 is 17.9 Å². The van der Waals surface area contributed by atoms with E-state index in [1.165, 1.54) is 4.31 Å². The first-order chi connectivity index (χ1) is 12.2. The minimum absolute atomic E-state index is 0.167. The molecule has 2 heterocycles. The third-order valence-corrected chi connectivity index (χ3v) is 5.95. The summed E-state index contributed by atoms with van der Waals surface area (Å²) in [6, 6.07) is 1.84. The van der Waals surface area contributed by atoms with Gasteiger partial charge in [-0.25, -0.2) is 8.42 Å². The van der Waals surface area contributed by atoms with Crippen LogP contribution in [-0.4, -0.2) is 74.2 Å². The summed E-state index contributed by atoms with van der Waals surface area (Å²) in [6.07, 6.45) is 1.84. The van der Waals surface area contributed by atoms with Crippen LogP contribution in [0.25, 0.3) is 0 Å². The van der Waals surface area contributed by atoms with Gasteiger partial charge < -0.3 is 14.2 Å². The Balaban J connectivity index is 2.24. The number of carbonyl (C=O) groups excluding carboxylic acids is 1. The molecule has 1 aromatic rings. The number of aromatic nitrogens is 1. The van der Waals surface area contributed by atoms with Crippen LogP contribution in [-0.2, 0) is 21.3 Å². The summed E-state index contributed by atoms with van der Waals surface area (Å²) in [5, 5.41) is 0. The number of ether oxygens (including phenoxy) is 1. The van der Waals surface area contributed by atoms with Crippen molar-refractivity contribution in [2.24, 2.45) is 0 Å². The number of amides is 1. The SMILES string of the molecule is COCCCn1c(C)cc(C)c(C(=O)N2CCN(S(C)(=O)=O)CC2)c1=O. The molecule has 1 fully saturated rings. The predicted molar refractivity (Wildman–Crippen MR) is 99.0 cm³/mol. The molecule has 0 saturated carbocycles. The molecule has 0 bridgehead atoms. The fourth-order valence-electron chi connectivity index (χ4n) is 3.21. The van der Waals surface area contributed by atoms with E-state index in [2.05, 4.69) is 0 Å². The molecular weight excluding hydrogens is 358 g/mol. The molecule has 1 aliphatic rings. The van der Waals surface area contributed by atoms with Gasteiger partial charge in [0.2, 0.25) is 10.0 Å². The smallest absolute Gasteiger partial charge is 0.263 e. The lowest BCUT2D eigenvalue weighted by Gasteiger charge is -2.33. The third-order valence-electron chi connectivity index (χ3n) is 4.64. The Bertz CT molecular complexity index is 824. The highest BCUT2D eigenvalue weighted by molar-refractivity contribution is 7.88. The highest BCUT2D eigenvalue weighted by Gasteiger charge is 2.29. The van der Waals surface area contributed by atoms with Gasteiger partial charge in [0, 0.05) is 52.1 Å². The number of hydrogen-bond acceptors (Lipinski definition) is 5. The fourth-order valence-corrected chi connectivity index (χ4v) is 4.04. The molecule has 0 aliphatic carbocycles. The molecule has 9 heteroatoms. The molecule has 0 atom stereocenters. The lowest BCUT2D eigenvalue weighted by molar-refractivity contribution is 0.0695. The number of hydrogen-bond donors (Lipinski definition) is 0. The Labute approximate surface area is 154 Å². The van der Waals surface area contributed by atoms with Gasteiger partial charge in [0.05, 0.1) is 6.26 Å². The van der Waals surface area contributed by atoms with Gasteiger partial charge in [0.1, 0.15) is 5.56 Å². The van der Waals surface area contributed by atoms with Crippen LogP contribution < -0.4 is 5.56 Å². The van der Waals surface area contributed by atoms with Gasteiger partial charge in [0.15, 0.2) is 0 Å². The van der Waals surface area contributed by atoms with Crippen molar-refractivity contribution in [3.8, 4) is 0 Å². The zero-order valence-corrected chi connectivity index (χ0v) is 16.6. The van der Waals surface area contributed by atoms with Gasteiger partial charge >= 0.3 is 0 Å².